The molecule has 0 bridgehead atoms. The first kappa shape index (κ1) is 18.4. The summed E-state index contributed by atoms with van der Waals surface area (Å²) in [6, 6.07) is 13.4. The van der Waals surface area contributed by atoms with Crippen molar-refractivity contribution in [2.24, 2.45) is 0 Å². The highest BCUT2D eigenvalue weighted by molar-refractivity contribution is 6.30. The van der Waals surface area contributed by atoms with Gasteiger partial charge in [0.25, 0.3) is 0 Å². The van der Waals surface area contributed by atoms with Crippen molar-refractivity contribution in [1.29, 1.82) is 0 Å². The highest BCUT2D eigenvalue weighted by atomic mass is 35.5. The molecule has 1 amide bonds. The van der Waals surface area contributed by atoms with Gasteiger partial charge in [-0.2, -0.15) is 0 Å². The molecule has 0 aliphatic rings. The number of hydroxylamine groups is 1. The molecule has 0 fully saturated rings. The van der Waals surface area contributed by atoms with Crippen LogP contribution in [-0.4, -0.2) is 19.1 Å². The van der Waals surface area contributed by atoms with Gasteiger partial charge in [0.2, 0.25) is 5.91 Å². The minimum absolute atomic E-state index is 0.0738. The lowest BCUT2D eigenvalue weighted by molar-refractivity contribution is -0.123. The molecule has 0 aliphatic carbocycles. The molecule has 0 aromatic heterocycles. The Bertz CT molecular complexity index is 661. The van der Waals surface area contributed by atoms with Crippen molar-refractivity contribution in [2.45, 2.75) is 24.9 Å². The molecule has 0 saturated heterocycles. The molecule has 0 radical (unpaired) electrons. The normalized spacial score (nSPS) is 13.3. The zero-order chi connectivity index (χ0) is 17.5. The summed E-state index contributed by atoms with van der Waals surface area (Å²) in [6.45, 7) is 0. The van der Waals surface area contributed by atoms with Crippen LogP contribution in [0.5, 0.6) is 0 Å². The highest BCUT2D eigenvalue weighted by Crippen LogP contribution is 2.29. The second-order valence-electron chi connectivity index (χ2n) is 5.49. The van der Waals surface area contributed by atoms with Gasteiger partial charge >= 0.3 is 0 Å². The van der Waals surface area contributed by atoms with Crippen LogP contribution in [0.3, 0.4) is 0 Å². The van der Waals surface area contributed by atoms with Crippen LogP contribution in [0.2, 0.25) is 5.02 Å². The monoisotopic (exact) mass is 350 g/mol. The summed E-state index contributed by atoms with van der Waals surface area (Å²) in [5, 5.41) is 11.2. The zero-order valence-electron chi connectivity index (χ0n) is 13.2. The minimum atomic E-state index is -0.648. The van der Waals surface area contributed by atoms with E-state index in [1.807, 2.05) is 12.1 Å². The largest absolute Gasteiger partial charge is 0.759 e. The molecule has 1 N–H and O–H groups in total. The van der Waals surface area contributed by atoms with E-state index in [9.17, 15) is 14.4 Å². The van der Waals surface area contributed by atoms with Crippen molar-refractivity contribution in [3.8, 4) is 0 Å². The third-order valence-electron chi connectivity index (χ3n) is 3.92. The molecule has 2 aromatic rings. The van der Waals surface area contributed by atoms with Crippen molar-refractivity contribution >= 4 is 17.5 Å². The zero-order valence-corrected chi connectivity index (χ0v) is 13.9. The number of halogens is 2. The molecule has 24 heavy (non-hydrogen) atoms. The van der Waals surface area contributed by atoms with Gasteiger partial charge in [0.05, 0.1) is 12.5 Å². The summed E-state index contributed by atoms with van der Waals surface area (Å²) in [4.78, 5) is 11.5. The standard InChI is InChI=1S/C18H18ClFNO3/c1-24-17(11-18(22)21-23)16(13-4-8-15(20)9-5-13)10-12-2-6-14(19)7-3-12/h2-9,16-17H,10-11H2,1H3,(H-,21,22,23)/q-1. The van der Waals surface area contributed by atoms with E-state index in [1.54, 1.807) is 24.3 Å². The number of hydrogen-bond acceptors (Lipinski definition) is 3. The van der Waals surface area contributed by atoms with Crippen molar-refractivity contribution in [2.75, 3.05) is 7.11 Å². The van der Waals surface area contributed by atoms with Crippen molar-refractivity contribution in [1.82, 2.24) is 5.48 Å². The average molecular weight is 351 g/mol. The van der Waals surface area contributed by atoms with Crippen LogP contribution in [0.4, 0.5) is 4.39 Å². The molecule has 2 aromatic carbocycles. The van der Waals surface area contributed by atoms with Gasteiger partial charge in [-0.05, 0) is 41.8 Å². The Balaban J connectivity index is 2.30. The van der Waals surface area contributed by atoms with Crippen LogP contribution in [0.15, 0.2) is 48.5 Å². The first-order chi connectivity index (χ1) is 11.5. The van der Waals surface area contributed by atoms with Crippen molar-refractivity contribution < 1.29 is 13.9 Å². The Morgan fingerprint density at radius 2 is 1.83 bits per heavy atom. The topological polar surface area (TPSA) is 61.4 Å². The fourth-order valence-corrected chi connectivity index (χ4v) is 2.79. The number of nitrogens with one attached hydrogen (secondary N) is 1. The molecule has 2 unspecified atom stereocenters. The van der Waals surface area contributed by atoms with E-state index in [0.29, 0.717) is 11.4 Å². The van der Waals surface area contributed by atoms with Gasteiger partial charge in [-0.25, -0.2) is 4.39 Å². The molecule has 0 spiro atoms. The lowest BCUT2D eigenvalue weighted by atomic mass is 9.85. The number of rotatable bonds is 7. The van der Waals surface area contributed by atoms with Gasteiger partial charge in [-0.3, -0.25) is 4.79 Å². The smallest absolute Gasteiger partial charge is 0.212 e. The Hall–Kier alpha value is -1.95. The van der Waals surface area contributed by atoms with Gasteiger partial charge in [-0.15, -0.1) is 0 Å². The maximum atomic E-state index is 13.2. The Morgan fingerprint density at radius 3 is 2.38 bits per heavy atom. The predicted octanol–water partition coefficient (Wildman–Crippen LogP) is 3.82. The summed E-state index contributed by atoms with van der Waals surface area (Å²) >= 11 is 5.91. The Morgan fingerprint density at radius 1 is 1.21 bits per heavy atom. The summed E-state index contributed by atoms with van der Waals surface area (Å²) in [6.07, 6.45) is -0.0246. The van der Waals surface area contributed by atoms with E-state index < -0.39 is 12.0 Å². The molecule has 4 nitrogen and oxygen atoms in total. The molecule has 128 valence electrons. The summed E-state index contributed by atoms with van der Waals surface area (Å²) in [5.41, 5.74) is 3.20. The van der Waals surface area contributed by atoms with Gasteiger partial charge < -0.3 is 15.4 Å². The molecule has 0 aliphatic heterocycles. The van der Waals surface area contributed by atoms with Gasteiger partial charge in [-0.1, -0.05) is 35.9 Å². The van der Waals surface area contributed by atoms with Crippen LogP contribution in [0.1, 0.15) is 23.5 Å². The third-order valence-corrected chi connectivity index (χ3v) is 4.17. The predicted molar refractivity (Wildman–Crippen MR) is 91.2 cm³/mol. The van der Waals surface area contributed by atoms with Gasteiger partial charge in [0.1, 0.15) is 5.82 Å². The SMILES string of the molecule is COC(CC(=O)N[O-])C(Cc1ccc(Cl)cc1)c1ccc(F)cc1. The van der Waals surface area contributed by atoms with Gasteiger partial charge in [0, 0.05) is 18.1 Å². The van der Waals surface area contributed by atoms with Crippen LogP contribution in [0, 0.1) is 11.0 Å². The first-order valence-corrected chi connectivity index (χ1v) is 7.85. The second kappa shape index (κ2) is 8.78. The quantitative estimate of drug-likeness (QED) is 0.772. The molecule has 0 saturated carbocycles. The number of benzene rings is 2. The maximum absolute atomic E-state index is 13.2. The molecular formula is C18H18ClFNO3-. The van der Waals surface area contributed by atoms with E-state index in [-0.39, 0.29) is 18.2 Å². The molecule has 0 heterocycles. The van der Waals surface area contributed by atoms with E-state index in [4.69, 9.17) is 16.3 Å². The molecular weight excluding hydrogens is 333 g/mol. The summed E-state index contributed by atoms with van der Waals surface area (Å²) in [5.74, 6) is -1.20. The Kier molecular flexibility index (Phi) is 6.73. The molecule has 2 atom stereocenters. The number of amides is 1. The van der Waals surface area contributed by atoms with E-state index in [2.05, 4.69) is 0 Å². The van der Waals surface area contributed by atoms with Gasteiger partial charge in [0.15, 0.2) is 0 Å². The number of carbonyl (C=O) groups is 1. The lowest BCUT2D eigenvalue weighted by Gasteiger charge is -2.27. The van der Waals surface area contributed by atoms with Crippen molar-refractivity contribution in [3.63, 3.8) is 0 Å². The third kappa shape index (κ3) is 5.03. The average Bonchev–Trinajstić information content (AvgIpc) is 2.60. The second-order valence-corrected chi connectivity index (χ2v) is 5.93. The van der Waals surface area contributed by atoms with Crippen LogP contribution >= 0.6 is 11.6 Å². The number of ether oxygens (including phenoxy) is 1. The first-order valence-electron chi connectivity index (χ1n) is 7.47. The lowest BCUT2D eigenvalue weighted by Crippen LogP contribution is -2.30. The van der Waals surface area contributed by atoms with E-state index >= 15 is 0 Å². The van der Waals surface area contributed by atoms with E-state index in [0.717, 1.165) is 11.1 Å². The number of hydrogen-bond donors (Lipinski definition) is 1. The van der Waals surface area contributed by atoms with E-state index in [1.165, 1.54) is 24.7 Å². The fraction of sp³-hybridized carbons (Fsp3) is 0.278. The fourth-order valence-electron chi connectivity index (χ4n) is 2.66. The van der Waals surface area contributed by atoms with Crippen LogP contribution < -0.4 is 5.48 Å². The maximum Gasteiger partial charge on any atom is 0.212 e. The Labute approximate surface area is 145 Å². The highest BCUT2D eigenvalue weighted by Gasteiger charge is 2.25. The molecule has 2 rings (SSSR count). The summed E-state index contributed by atoms with van der Waals surface area (Å²) in [7, 11) is 1.49. The van der Waals surface area contributed by atoms with Crippen molar-refractivity contribution in [3.05, 3.63) is 75.7 Å². The van der Waals surface area contributed by atoms with Crippen LogP contribution in [-0.2, 0) is 16.0 Å². The molecule has 6 heteroatoms. The van der Waals surface area contributed by atoms with Crippen LogP contribution in [0.25, 0.3) is 0 Å². The number of carbonyl (C=O) groups excluding carboxylic acids is 1. The number of methoxy groups -OCH3 is 1. The summed E-state index contributed by atoms with van der Waals surface area (Å²) < 4.78 is 18.7. The minimum Gasteiger partial charge on any atom is -0.759 e.